The lowest BCUT2D eigenvalue weighted by atomic mass is 10.1. The molecule has 0 aliphatic rings. The fraction of sp³-hybridized carbons (Fsp3) is 0.286. The van der Waals surface area contributed by atoms with Gasteiger partial charge in [-0.1, -0.05) is 36.1 Å². The quantitative estimate of drug-likeness (QED) is 0.787. The van der Waals surface area contributed by atoms with Gasteiger partial charge < -0.3 is 20.3 Å². The van der Waals surface area contributed by atoms with Crippen molar-refractivity contribution in [2.75, 3.05) is 39.2 Å². The molecule has 0 bridgehead atoms. The number of hydrogen-bond acceptors (Lipinski definition) is 3. The van der Waals surface area contributed by atoms with Crippen molar-refractivity contribution in [1.29, 1.82) is 0 Å². The Labute approximate surface area is 155 Å². The first-order chi connectivity index (χ1) is 12.6. The van der Waals surface area contributed by atoms with E-state index in [2.05, 4.69) is 22.5 Å². The fourth-order valence-corrected chi connectivity index (χ4v) is 2.41. The summed E-state index contributed by atoms with van der Waals surface area (Å²) in [4.78, 5) is 13.8. The summed E-state index contributed by atoms with van der Waals surface area (Å²) >= 11 is 0. The van der Waals surface area contributed by atoms with Gasteiger partial charge in [0, 0.05) is 26.2 Å². The van der Waals surface area contributed by atoms with E-state index in [1.54, 1.807) is 7.11 Å². The largest absolute Gasteiger partial charge is 0.497 e. The molecule has 0 unspecified atom stereocenters. The summed E-state index contributed by atoms with van der Waals surface area (Å²) in [6, 6.07) is 15.5. The van der Waals surface area contributed by atoms with Gasteiger partial charge in [-0.3, -0.25) is 0 Å². The zero-order valence-corrected chi connectivity index (χ0v) is 15.5. The summed E-state index contributed by atoms with van der Waals surface area (Å²) in [5, 5.41) is 5.58. The molecular weight excluding hydrogens is 326 g/mol. The first-order valence-corrected chi connectivity index (χ1v) is 8.50. The standard InChI is InChI=1S/C21H25N3O2/c1-24(2)20-9-5-4-7-18(20)8-6-15-22-21(25)23-16-14-17-10-12-19(26-3)13-11-17/h4-5,7,9-13H,14-16H2,1-3H3,(H2,22,23,25). The number of rotatable bonds is 6. The summed E-state index contributed by atoms with van der Waals surface area (Å²) in [6.07, 6.45) is 0.763. The van der Waals surface area contributed by atoms with Crippen LogP contribution in [0.4, 0.5) is 10.5 Å². The van der Waals surface area contributed by atoms with Crippen LogP contribution in [0.5, 0.6) is 5.75 Å². The minimum absolute atomic E-state index is 0.214. The Balaban J connectivity index is 1.72. The molecule has 0 aliphatic heterocycles. The third kappa shape index (κ3) is 6.06. The van der Waals surface area contributed by atoms with Crippen molar-refractivity contribution < 1.29 is 9.53 Å². The van der Waals surface area contributed by atoms with Crippen LogP contribution < -0.4 is 20.3 Å². The Hall–Kier alpha value is -3.13. The van der Waals surface area contributed by atoms with Gasteiger partial charge in [-0.05, 0) is 36.2 Å². The number of anilines is 1. The van der Waals surface area contributed by atoms with Gasteiger partial charge in [0.15, 0.2) is 0 Å². The fourth-order valence-electron chi connectivity index (χ4n) is 2.41. The summed E-state index contributed by atoms with van der Waals surface area (Å²) in [6.45, 7) is 0.866. The first kappa shape index (κ1) is 19.2. The molecule has 0 aliphatic carbocycles. The molecule has 0 atom stereocenters. The van der Waals surface area contributed by atoms with Crippen LogP contribution >= 0.6 is 0 Å². The zero-order valence-electron chi connectivity index (χ0n) is 15.5. The van der Waals surface area contributed by atoms with Gasteiger partial charge >= 0.3 is 6.03 Å². The van der Waals surface area contributed by atoms with Gasteiger partial charge in [0.05, 0.1) is 19.3 Å². The van der Waals surface area contributed by atoms with Gasteiger partial charge in [0.1, 0.15) is 5.75 Å². The molecule has 0 fully saturated rings. The molecule has 0 heterocycles. The predicted octanol–water partition coefficient (Wildman–Crippen LogP) is 2.65. The Bertz CT molecular complexity index is 774. The number of carbonyl (C=O) groups excluding carboxylic acids is 1. The minimum atomic E-state index is -0.214. The van der Waals surface area contributed by atoms with Crippen molar-refractivity contribution in [3.05, 3.63) is 59.7 Å². The molecule has 0 radical (unpaired) electrons. The first-order valence-electron chi connectivity index (χ1n) is 8.50. The predicted molar refractivity (Wildman–Crippen MR) is 106 cm³/mol. The van der Waals surface area contributed by atoms with E-state index in [1.165, 1.54) is 0 Å². The maximum absolute atomic E-state index is 11.8. The molecule has 2 aromatic rings. The zero-order chi connectivity index (χ0) is 18.8. The highest BCUT2D eigenvalue weighted by Crippen LogP contribution is 2.16. The van der Waals surface area contributed by atoms with Crippen LogP contribution in [0.25, 0.3) is 0 Å². The summed E-state index contributed by atoms with van der Waals surface area (Å²) in [5.74, 6) is 6.91. The summed E-state index contributed by atoms with van der Waals surface area (Å²) in [5.41, 5.74) is 3.15. The highest BCUT2D eigenvalue weighted by Gasteiger charge is 2.01. The molecule has 136 valence electrons. The van der Waals surface area contributed by atoms with E-state index in [0.717, 1.165) is 29.0 Å². The number of para-hydroxylation sites is 1. The molecule has 0 saturated heterocycles. The van der Waals surface area contributed by atoms with E-state index in [1.807, 2.05) is 67.5 Å². The third-order valence-corrected chi connectivity index (χ3v) is 3.80. The number of methoxy groups -OCH3 is 1. The maximum atomic E-state index is 11.8. The molecule has 5 heteroatoms. The number of nitrogens with zero attached hydrogens (tertiary/aromatic N) is 1. The molecule has 0 aromatic heterocycles. The van der Waals surface area contributed by atoms with Crippen LogP contribution in [-0.2, 0) is 6.42 Å². The summed E-state index contributed by atoms with van der Waals surface area (Å²) < 4.78 is 5.12. The van der Waals surface area contributed by atoms with E-state index in [4.69, 9.17) is 4.74 Å². The van der Waals surface area contributed by atoms with Crippen molar-refractivity contribution in [2.24, 2.45) is 0 Å². The number of carbonyl (C=O) groups is 1. The Kier molecular flexibility index (Phi) is 7.38. The molecule has 5 nitrogen and oxygen atoms in total. The minimum Gasteiger partial charge on any atom is -0.497 e. The lowest BCUT2D eigenvalue weighted by Gasteiger charge is -2.13. The normalized spacial score (nSPS) is 9.65. The second-order valence-corrected chi connectivity index (χ2v) is 5.92. The third-order valence-electron chi connectivity index (χ3n) is 3.80. The topological polar surface area (TPSA) is 53.6 Å². The van der Waals surface area contributed by atoms with Crippen LogP contribution in [0.2, 0.25) is 0 Å². The van der Waals surface area contributed by atoms with Crippen LogP contribution in [0.15, 0.2) is 48.5 Å². The van der Waals surface area contributed by atoms with Crippen LogP contribution in [-0.4, -0.2) is 40.3 Å². The van der Waals surface area contributed by atoms with Crippen molar-refractivity contribution in [3.8, 4) is 17.6 Å². The molecule has 2 rings (SSSR count). The van der Waals surface area contributed by atoms with Gasteiger partial charge in [-0.15, -0.1) is 0 Å². The van der Waals surface area contributed by atoms with Crippen molar-refractivity contribution in [2.45, 2.75) is 6.42 Å². The van der Waals surface area contributed by atoms with E-state index < -0.39 is 0 Å². The molecule has 2 amide bonds. The average molecular weight is 351 g/mol. The number of ether oxygens (including phenoxy) is 1. The number of hydrogen-bond donors (Lipinski definition) is 2. The number of nitrogens with one attached hydrogen (secondary N) is 2. The molecule has 0 saturated carbocycles. The highest BCUT2D eigenvalue weighted by atomic mass is 16.5. The Morgan fingerprint density at radius 3 is 2.50 bits per heavy atom. The summed E-state index contributed by atoms with van der Waals surface area (Å²) in [7, 11) is 5.60. The SMILES string of the molecule is COc1ccc(CCNC(=O)NCC#Cc2ccccc2N(C)C)cc1. The number of benzene rings is 2. The van der Waals surface area contributed by atoms with Gasteiger partial charge in [0.25, 0.3) is 0 Å². The molecule has 2 N–H and O–H groups in total. The lowest BCUT2D eigenvalue weighted by Crippen LogP contribution is -2.36. The average Bonchev–Trinajstić information content (AvgIpc) is 2.66. The van der Waals surface area contributed by atoms with Gasteiger partial charge in [-0.2, -0.15) is 0 Å². The highest BCUT2D eigenvalue weighted by molar-refractivity contribution is 5.74. The Morgan fingerprint density at radius 2 is 1.81 bits per heavy atom. The molecule has 2 aromatic carbocycles. The molecular formula is C21H25N3O2. The maximum Gasteiger partial charge on any atom is 0.315 e. The van der Waals surface area contributed by atoms with E-state index in [-0.39, 0.29) is 6.03 Å². The van der Waals surface area contributed by atoms with Crippen molar-refractivity contribution in [3.63, 3.8) is 0 Å². The van der Waals surface area contributed by atoms with Gasteiger partial charge in [0.2, 0.25) is 0 Å². The van der Waals surface area contributed by atoms with Gasteiger partial charge in [-0.25, -0.2) is 4.79 Å². The molecule has 0 spiro atoms. The van der Waals surface area contributed by atoms with Crippen LogP contribution in [0, 0.1) is 11.8 Å². The monoisotopic (exact) mass is 351 g/mol. The van der Waals surface area contributed by atoms with Crippen LogP contribution in [0.1, 0.15) is 11.1 Å². The van der Waals surface area contributed by atoms with E-state index in [9.17, 15) is 4.79 Å². The number of amides is 2. The second-order valence-electron chi connectivity index (χ2n) is 5.92. The van der Waals surface area contributed by atoms with Crippen molar-refractivity contribution >= 4 is 11.7 Å². The number of urea groups is 1. The van der Waals surface area contributed by atoms with Crippen molar-refractivity contribution in [1.82, 2.24) is 10.6 Å². The van der Waals surface area contributed by atoms with Crippen LogP contribution in [0.3, 0.4) is 0 Å². The van der Waals surface area contributed by atoms with E-state index in [0.29, 0.717) is 13.1 Å². The smallest absolute Gasteiger partial charge is 0.315 e. The molecule has 26 heavy (non-hydrogen) atoms. The van der Waals surface area contributed by atoms with E-state index >= 15 is 0 Å². The Morgan fingerprint density at radius 1 is 1.08 bits per heavy atom. The second kappa shape index (κ2) is 10.00. The lowest BCUT2D eigenvalue weighted by molar-refractivity contribution is 0.242.